The van der Waals surface area contributed by atoms with Crippen molar-refractivity contribution in [2.45, 2.75) is 19.3 Å². The smallest absolute Gasteiger partial charge is 0.228 e. The van der Waals surface area contributed by atoms with Gasteiger partial charge in [-0.05, 0) is 43.5 Å². The number of hydrogen-bond acceptors (Lipinski definition) is 2. The van der Waals surface area contributed by atoms with Crippen LogP contribution in [0.4, 0.5) is 10.1 Å². The molecule has 1 saturated heterocycles. The van der Waals surface area contributed by atoms with Crippen molar-refractivity contribution in [1.29, 1.82) is 0 Å². The molecule has 1 aromatic rings. The number of nitrogens with zero attached hydrogens (tertiary/aromatic N) is 1. The number of piperidine rings is 1. The van der Waals surface area contributed by atoms with Crippen molar-refractivity contribution in [3.63, 3.8) is 0 Å². The Labute approximate surface area is 89.7 Å². The minimum absolute atomic E-state index is 0.596. The van der Waals surface area contributed by atoms with Crippen LogP contribution in [0.3, 0.4) is 0 Å². The number of anilines is 1. The molecule has 0 bridgehead atoms. The van der Waals surface area contributed by atoms with E-state index >= 15 is 0 Å². The molecule has 1 fully saturated rings. The highest BCUT2D eigenvalue weighted by molar-refractivity contribution is 5.49. The molecule has 15 heavy (non-hydrogen) atoms. The molecule has 1 aromatic carbocycles. The van der Waals surface area contributed by atoms with E-state index in [1.54, 1.807) is 0 Å². The van der Waals surface area contributed by atoms with Crippen LogP contribution in [0, 0.1) is 0 Å². The van der Waals surface area contributed by atoms with E-state index in [9.17, 15) is 4.39 Å². The lowest BCUT2D eigenvalue weighted by Gasteiger charge is -2.28. The predicted octanol–water partition coefficient (Wildman–Crippen LogP) is 2.98. The molecule has 0 saturated carbocycles. The summed E-state index contributed by atoms with van der Waals surface area (Å²) in [6.45, 7) is 1.50. The zero-order chi connectivity index (χ0) is 10.5. The largest absolute Gasteiger partial charge is 0.463 e. The zero-order valence-corrected chi connectivity index (χ0v) is 8.79. The molecule has 0 unspecified atom stereocenters. The number of benzene rings is 1. The molecule has 1 heterocycles. The summed E-state index contributed by atoms with van der Waals surface area (Å²) in [6.07, 6.45) is 3.87. The van der Waals surface area contributed by atoms with Crippen molar-refractivity contribution >= 4 is 5.69 Å². The van der Waals surface area contributed by atoms with Crippen LogP contribution in [0.1, 0.15) is 19.3 Å². The molecule has 3 heteroatoms. The molecule has 0 atom stereocenters. The SMILES string of the molecule is FCOc1ccc(N2CCCCC2)cc1. The van der Waals surface area contributed by atoms with Crippen LogP contribution in [0.2, 0.25) is 0 Å². The second kappa shape index (κ2) is 5.01. The van der Waals surface area contributed by atoms with Gasteiger partial charge in [0, 0.05) is 18.8 Å². The standard InChI is InChI=1S/C12H16FNO/c13-10-15-12-6-4-11(5-7-12)14-8-2-1-3-9-14/h4-7H,1-3,8-10H2. The van der Waals surface area contributed by atoms with Gasteiger partial charge in [-0.1, -0.05) is 0 Å². The van der Waals surface area contributed by atoms with E-state index in [0.29, 0.717) is 5.75 Å². The van der Waals surface area contributed by atoms with Gasteiger partial charge in [0.05, 0.1) is 0 Å². The fourth-order valence-electron chi connectivity index (χ4n) is 1.97. The third-order valence-corrected chi connectivity index (χ3v) is 2.78. The van der Waals surface area contributed by atoms with Crippen molar-refractivity contribution in [2.24, 2.45) is 0 Å². The summed E-state index contributed by atoms with van der Waals surface area (Å²) >= 11 is 0. The summed E-state index contributed by atoms with van der Waals surface area (Å²) in [4.78, 5) is 2.36. The topological polar surface area (TPSA) is 12.5 Å². The van der Waals surface area contributed by atoms with Crippen LogP contribution in [0.5, 0.6) is 5.75 Å². The highest BCUT2D eigenvalue weighted by Gasteiger charge is 2.10. The molecule has 1 aliphatic rings. The third kappa shape index (κ3) is 2.61. The highest BCUT2D eigenvalue weighted by atomic mass is 19.1. The molecule has 0 N–H and O–H groups in total. The Hall–Kier alpha value is -1.25. The maximum absolute atomic E-state index is 11.9. The predicted molar refractivity (Wildman–Crippen MR) is 59.1 cm³/mol. The normalized spacial score (nSPS) is 16.5. The summed E-state index contributed by atoms with van der Waals surface area (Å²) in [5.74, 6) is 0.596. The number of hydrogen-bond donors (Lipinski definition) is 0. The van der Waals surface area contributed by atoms with Crippen LogP contribution in [0.15, 0.2) is 24.3 Å². The minimum Gasteiger partial charge on any atom is -0.463 e. The van der Waals surface area contributed by atoms with Gasteiger partial charge in [-0.25, -0.2) is 4.39 Å². The Morgan fingerprint density at radius 1 is 1.07 bits per heavy atom. The Balaban J connectivity index is 2.02. The van der Waals surface area contributed by atoms with E-state index in [2.05, 4.69) is 4.90 Å². The quantitative estimate of drug-likeness (QED) is 0.758. The average molecular weight is 209 g/mol. The van der Waals surface area contributed by atoms with Crippen molar-refractivity contribution in [3.05, 3.63) is 24.3 Å². The first-order valence-corrected chi connectivity index (χ1v) is 5.44. The monoisotopic (exact) mass is 209 g/mol. The molecular weight excluding hydrogens is 193 g/mol. The number of ether oxygens (including phenoxy) is 1. The first kappa shape index (κ1) is 10.3. The maximum Gasteiger partial charge on any atom is 0.228 e. The van der Waals surface area contributed by atoms with Gasteiger partial charge in [-0.3, -0.25) is 0 Å². The van der Waals surface area contributed by atoms with E-state index in [1.807, 2.05) is 24.3 Å². The van der Waals surface area contributed by atoms with Crippen molar-refractivity contribution in [1.82, 2.24) is 0 Å². The van der Waals surface area contributed by atoms with Gasteiger partial charge >= 0.3 is 0 Å². The molecule has 2 nitrogen and oxygen atoms in total. The Morgan fingerprint density at radius 3 is 2.33 bits per heavy atom. The second-order valence-corrected chi connectivity index (χ2v) is 3.80. The molecule has 1 aliphatic heterocycles. The first-order valence-electron chi connectivity index (χ1n) is 5.44. The van der Waals surface area contributed by atoms with Gasteiger partial charge in [0.1, 0.15) is 5.75 Å². The van der Waals surface area contributed by atoms with Gasteiger partial charge in [-0.15, -0.1) is 0 Å². The molecular formula is C12H16FNO. The lowest BCUT2D eigenvalue weighted by Crippen LogP contribution is -2.29. The third-order valence-electron chi connectivity index (χ3n) is 2.78. The Morgan fingerprint density at radius 2 is 1.73 bits per heavy atom. The fraction of sp³-hybridized carbons (Fsp3) is 0.500. The van der Waals surface area contributed by atoms with Gasteiger partial charge in [0.25, 0.3) is 0 Å². The summed E-state index contributed by atoms with van der Waals surface area (Å²) in [7, 11) is 0. The summed E-state index contributed by atoms with van der Waals surface area (Å²) in [6, 6.07) is 7.64. The van der Waals surface area contributed by atoms with Crippen LogP contribution in [-0.2, 0) is 0 Å². The summed E-state index contributed by atoms with van der Waals surface area (Å²) < 4.78 is 16.7. The van der Waals surface area contributed by atoms with E-state index < -0.39 is 6.86 Å². The molecule has 0 amide bonds. The fourth-order valence-corrected chi connectivity index (χ4v) is 1.97. The van der Waals surface area contributed by atoms with Gasteiger partial charge < -0.3 is 9.64 Å². The average Bonchev–Trinajstić information content (AvgIpc) is 2.32. The molecule has 0 radical (unpaired) electrons. The second-order valence-electron chi connectivity index (χ2n) is 3.80. The van der Waals surface area contributed by atoms with Gasteiger partial charge in [-0.2, -0.15) is 0 Å². The van der Waals surface area contributed by atoms with Gasteiger partial charge in [0.15, 0.2) is 0 Å². The van der Waals surface area contributed by atoms with Crippen molar-refractivity contribution < 1.29 is 9.13 Å². The minimum atomic E-state index is -0.761. The highest BCUT2D eigenvalue weighted by Crippen LogP contribution is 2.22. The number of alkyl halides is 1. The summed E-state index contributed by atoms with van der Waals surface area (Å²) in [5, 5.41) is 0. The van der Waals surface area contributed by atoms with Crippen molar-refractivity contribution in [2.75, 3.05) is 24.9 Å². The number of rotatable bonds is 3. The molecule has 0 spiro atoms. The van der Waals surface area contributed by atoms with Crippen LogP contribution < -0.4 is 9.64 Å². The molecule has 2 rings (SSSR count). The lowest BCUT2D eigenvalue weighted by molar-refractivity contribution is 0.192. The first-order chi connectivity index (χ1) is 7.40. The van der Waals surface area contributed by atoms with Crippen LogP contribution in [-0.4, -0.2) is 20.0 Å². The van der Waals surface area contributed by atoms with E-state index in [-0.39, 0.29) is 0 Å². The van der Waals surface area contributed by atoms with E-state index in [1.165, 1.54) is 24.9 Å². The Kier molecular flexibility index (Phi) is 3.43. The van der Waals surface area contributed by atoms with Gasteiger partial charge in [0.2, 0.25) is 6.86 Å². The lowest BCUT2D eigenvalue weighted by atomic mass is 10.1. The van der Waals surface area contributed by atoms with E-state index in [0.717, 1.165) is 13.1 Å². The summed E-state index contributed by atoms with van der Waals surface area (Å²) in [5.41, 5.74) is 1.21. The molecule has 0 aliphatic carbocycles. The number of halogens is 1. The van der Waals surface area contributed by atoms with Crippen molar-refractivity contribution in [3.8, 4) is 5.75 Å². The van der Waals surface area contributed by atoms with E-state index in [4.69, 9.17) is 4.74 Å². The Bertz CT molecular complexity index is 293. The van der Waals surface area contributed by atoms with Crippen LogP contribution >= 0.6 is 0 Å². The van der Waals surface area contributed by atoms with Crippen LogP contribution in [0.25, 0.3) is 0 Å². The molecule has 82 valence electrons. The maximum atomic E-state index is 11.9. The molecule has 0 aromatic heterocycles. The zero-order valence-electron chi connectivity index (χ0n) is 8.79.